The van der Waals surface area contributed by atoms with Crippen LogP contribution < -0.4 is 0 Å². The summed E-state index contributed by atoms with van der Waals surface area (Å²) in [5.74, 6) is 0. The van der Waals surface area contributed by atoms with E-state index in [1.54, 1.807) is 0 Å². The van der Waals surface area contributed by atoms with Crippen LogP contribution in [-0.2, 0) is 9.47 Å². The maximum absolute atomic E-state index is 9.88. The maximum atomic E-state index is 9.88. The van der Waals surface area contributed by atoms with Crippen molar-refractivity contribution >= 4 is 17.3 Å². The zero-order valence-corrected chi connectivity index (χ0v) is 19.9. The summed E-state index contributed by atoms with van der Waals surface area (Å²) >= 11 is 5.27. The molecule has 0 amide bonds. The van der Waals surface area contributed by atoms with Gasteiger partial charge in [0.1, 0.15) is 18.3 Å². The van der Waals surface area contributed by atoms with E-state index in [0.717, 1.165) is 12.8 Å². The Morgan fingerprint density at radius 1 is 0.867 bits per heavy atom. The smallest absolute Gasteiger partial charge is 0.160 e. The van der Waals surface area contributed by atoms with Crippen molar-refractivity contribution in [2.45, 2.75) is 134 Å². The quantitative estimate of drug-likeness (QED) is 0.190. The fraction of sp³-hybridized carbons (Fsp3) is 0.958. The molecular weight excluding hydrogens is 400 g/mol. The molecule has 1 saturated heterocycles. The molecular formula is C24H46O5S. The van der Waals surface area contributed by atoms with E-state index in [4.69, 9.17) is 21.7 Å². The molecule has 0 aromatic carbocycles. The minimum absolute atomic E-state index is 0.0531. The standard InChI is InChI=1S/C24H46O5S/c1-2-3-4-5-6-7-8-9-10-11-12-13-14-15-16-17-22(30)29-21(18-25)24-23(27)20(26)19-28-24/h20-21,23-27H,2-19H2,1H3/t20-,21+,23+,24+/m0/s1. The Balaban J connectivity index is 1.90. The fourth-order valence-corrected chi connectivity index (χ4v) is 4.30. The zero-order chi connectivity index (χ0) is 22.0. The monoisotopic (exact) mass is 446 g/mol. The minimum atomic E-state index is -1.05. The van der Waals surface area contributed by atoms with Gasteiger partial charge < -0.3 is 24.8 Å². The Kier molecular flexibility index (Phi) is 17.0. The first-order valence-corrected chi connectivity index (χ1v) is 12.8. The summed E-state index contributed by atoms with van der Waals surface area (Å²) in [5.41, 5.74) is 0. The molecule has 0 aromatic heterocycles. The average molecular weight is 447 g/mol. The van der Waals surface area contributed by atoms with Crippen LogP contribution >= 0.6 is 12.2 Å². The molecule has 1 rings (SSSR count). The van der Waals surface area contributed by atoms with Gasteiger partial charge in [-0.15, -0.1) is 0 Å². The van der Waals surface area contributed by atoms with Crippen LogP contribution in [0.15, 0.2) is 0 Å². The lowest BCUT2D eigenvalue weighted by Crippen LogP contribution is -2.42. The van der Waals surface area contributed by atoms with Crippen LogP contribution in [0.1, 0.15) is 110 Å². The van der Waals surface area contributed by atoms with Crippen LogP contribution in [0.4, 0.5) is 0 Å². The lowest BCUT2D eigenvalue weighted by molar-refractivity contribution is -0.0621. The number of aliphatic hydroxyl groups is 3. The molecule has 0 aromatic rings. The summed E-state index contributed by atoms with van der Waals surface area (Å²) in [7, 11) is 0. The van der Waals surface area contributed by atoms with Gasteiger partial charge in [0.15, 0.2) is 11.2 Å². The van der Waals surface area contributed by atoms with Gasteiger partial charge in [-0.1, -0.05) is 96.8 Å². The van der Waals surface area contributed by atoms with Gasteiger partial charge in [-0.25, -0.2) is 0 Å². The highest BCUT2D eigenvalue weighted by Crippen LogP contribution is 2.21. The van der Waals surface area contributed by atoms with Gasteiger partial charge in [-0.3, -0.25) is 0 Å². The van der Waals surface area contributed by atoms with E-state index >= 15 is 0 Å². The normalized spacial score (nSPS) is 22.3. The number of unbranched alkanes of at least 4 members (excludes halogenated alkanes) is 14. The summed E-state index contributed by atoms with van der Waals surface area (Å²) < 4.78 is 10.9. The summed E-state index contributed by atoms with van der Waals surface area (Å²) in [6.07, 6.45) is 17.1. The zero-order valence-electron chi connectivity index (χ0n) is 19.1. The van der Waals surface area contributed by atoms with E-state index in [2.05, 4.69) is 6.92 Å². The van der Waals surface area contributed by atoms with Crippen molar-refractivity contribution in [2.24, 2.45) is 0 Å². The van der Waals surface area contributed by atoms with Crippen molar-refractivity contribution in [3.05, 3.63) is 0 Å². The molecule has 1 heterocycles. The van der Waals surface area contributed by atoms with Crippen molar-refractivity contribution in [1.29, 1.82) is 0 Å². The second-order valence-corrected chi connectivity index (χ2v) is 9.22. The molecule has 1 aliphatic heterocycles. The molecule has 1 fully saturated rings. The Hall–Kier alpha value is -0.270. The minimum Gasteiger partial charge on any atom is -0.479 e. The van der Waals surface area contributed by atoms with Crippen molar-refractivity contribution in [2.75, 3.05) is 13.2 Å². The first-order chi connectivity index (χ1) is 14.6. The number of rotatable bonds is 19. The summed E-state index contributed by atoms with van der Waals surface area (Å²) in [6, 6.07) is 0. The van der Waals surface area contributed by atoms with Crippen LogP contribution in [0.5, 0.6) is 0 Å². The summed E-state index contributed by atoms with van der Waals surface area (Å²) in [6.45, 7) is 2.02. The van der Waals surface area contributed by atoms with Crippen molar-refractivity contribution in [1.82, 2.24) is 0 Å². The fourth-order valence-electron chi connectivity index (χ4n) is 4.03. The number of thiocarbonyl (C=S) groups is 1. The van der Waals surface area contributed by atoms with Crippen LogP contribution in [0.25, 0.3) is 0 Å². The number of hydrogen-bond donors (Lipinski definition) is 3. The first kappa shape index (κ1) is 27.8. The molecule has 1 aliphatic rings. The molecule has 5 nitrogen and oxygen atoms in total. The van der Waals surface area contributed by atoms with Gasteiger partial charge in [0, 0.05) is 6.42 Å². The van der Waals surface area contributed by atoms with Crippen LogP contribution in [0, 0.1) is 0 Å². The summed E-state index contributed by atoms with van der Waals surface area (Å²) in [5, 5.41) is 29.4. The Morgan fingerprint density at radius 3 is 1.73 bits per heavy atom. The van der Waals surface area contributed by atoms with E-state index in [1.807, 2.05) is 0 Å². The summed E-state index contributed by atoms with van der Waals surface area (Å²) in [4.78, 5) is 0. The Bertz CT molecular complexity index is 420. The van der Waals surface area contributed by atoms with E-state index in [1.165, 1.54) is 83.5 Å². The SMILES string of the molecule is CCCCCCCCCCCCCCCCCC(=S)O[C@H](CO)[C@H]1OC[C@H](O)[C@H]1O. The topological polar surface area (TPSA) is 79.2 Å². The van der Waals surface area contributed by atoms with Gasteiger partial charge in [0.25, 0.3) is 0 Å². The highest BCUT2D eigenvalue weighted by atomic mass is 32.1. The molecule has 178 valence electrons. The third kappa shape index (κ3) is 12.6. The maximum Gasteiger partial charge on any atom is 0.160 e. The molecule has 0 saturated carbocycles. The van der Waals surface area contributed by atoms with E-state index < -0.39 is 24.4 Å². The van der Waals surface area contributed by atoms with Crippen molar-refractivity contribution < 1.29 is 24.8 Å². The Morgan fingerprint density at radius 2 is 1.33 bits per heavy atom. The van der Waals surface area contributed by atoms with Gasteiger partial charge in [0.05, 0.1) is 13.2 Å². The third-order valence-electron chi connectivity index (χ3n) is 6.00. The second kappa shape index (κ2) is 18.3. The van der Waals surface area contributed by atoms with Crippen molar-refractivity contribution in [3.8, 4) is 0 Å². The van der Waals surface area contributed by atoms with E-state index in [0.29, 0.717) is 11.5 Å². The highest BCUT2D eigenvalue weighted by molar-refractivity contribution is 7.80. The molecule has 0 aliphatic carbocycles. The number of aliphatic hydroxyl groups excluding tert-OH is 3. The lowest BCUT2D eigenvalue weighted by atomic mass is 10.0. The number of ether oxygens (including phenoxy) is 2. The van der Waals surface area contributed by atoms with Gasteiger partial charge >= 0.3 is 0 Å². The number of hydrogen-bond acceptors (Lipinski definition) is 6. The van der Waals surface area contributed by atoms with Crippen molar-refractivity contribution in [3.63, 3.8) is 0 Å². The van der Waals surface area contributed by atoms with Crippen LogP contribution in [-0.4, -0.2) is 58.0 Å². The average Bonchev–Trinajstić information content (AvgIpc) is 3.07. The lowest BCUT2D eigenvalue weighted by Gasteiger charge is -2.25. The molecule has 0 spiro atoms. The predicted octanol–water partition coefficient (Wildman–Crippen LogP) is 5.07. The van der Waals surface area contributed by atoms with Crippen LogP contribution in [0.2, 0.25) is 0 Å². The largest absolute Gasteiger partial charge is 0.479 e. The predicted molar refractivity (Wildman–Crippen MR) is 126 cm³/mol. The van der Waals surface area contributed by atoms with Gasteiger partial charge in [-0.2, -0.15) is 0 Å². The molecule has 0 unspecified atom stereocenters. The second-order valence-electron chi connectivity index (χ2n) is 8.77. The Labute approximate surface area is 189 Å². The molecule has 30 heavy (non-hydrogen) atoms. The van der Waals surface area contributed by atoms with E-state index in [-0.39, 0.29) is 13.2 Å². The molecule has 3 N–H and O–H groups in total. The first-order valence-electron chi connectivity index (χ1n) is 12.4. The van der Waals surface area contributed by atoms with Gasteiger partial charge in [0.2, 0.25) is 0 Å². The van der Waals surface area contributed by atoms with Crippen LogP contribution in [0.3, 0.4) is 0 Å². The molecule has 0 radical (unpaired) electrons. The highest BCUT2D eigenvalue weighted by Gasteiger charge is 2.41. The van der Waals surface area contributed by atoms with Gasteiger partial charge in [-0.05, 0) is 18.6 Å². The molecule has 6 heteroatoms. The van der Waals surface area contributed by atoms with E-state index in [9.17, 15) is 15.3 Å². The molecule has 0 bridgehead atoms. The molecule has 4 atom stereocenters. The third-order valence-corrected chi connectivity index (χ3v) is 6.30.